The highest BCUT2D eigenvalue weighted by Gasteiger charge is 2.14. The van der Waals surface area contributed by atoms with E-state index < -0.39 is 0 Å². The summed E-state index contributed by atoms with van der Waals surface area (Å²) in [6.07, 6.45) is 8.53. The first kappa shape index (κ1) is 16.8. The molecule has 0 saturated heterocycles. The molecule has 1 atom stereocenters. The number of aliphatic imine (C=N–C) groups is 1. The summed E-state index contributed by atoms with van der Waals surface area (Å²) >= 11 is 0. The van der Waals surface area contributed by atoms with Crippen molar-refractivity contribution in [3.05, 3.63) is 35.0 Å². The average Bonchev–Trinajstić information content (AvgIpc) is 2.72. The van der Waals surface area contributed by atoms with Gasteiger partial charge < -0.3 is 15.7 Å². The van der Waals surface area contributed by atoms with E-state index in [1.165, 1.54) is 11.9 Å². The SMILES string of the molecule is CCC1=C(N/C(NC=NC)=C(\O)CC)C=CC(C#N)CC1. The van der Waals surface area contributed by atoms with Crippen molar-refractivity contribution in [1.82, 2.24) is 10.6 Å². The number of rotatable bonds is 6. The summed E-state index contributed by atoms with van der Waals surface area (Å²) in [6.45, 7) is 3.98. The smallest absolute Gasteiger partial charge is 0.147 e. The van der Waals surface area contributed by atoms with E-state index in [9.17, 15) is 5.11 Å². The van der Waals surface area contributed by atoms with Crippen LogP contribution < -0.4 is 10.6 Å². The minimum atomic E-state index is -0.0526. The van der Waals surface area contributed by atoms with Gasteiger partial charge in [-0.3, -0.25) is 4.99 Å². The minimum Gasteiger partial charge on any atom is -0.509 e. The molecule has 0 spiro atoms. The molecule has 0 saturated carbocycles. The molecule has 0 radical (unpaired) electrons. The lowest BCUT2D eigenvalue weighted by Crippen LogP contribution is -2.27. The Morgan fingerprint density at radius 3 is 2.90 bits per heavy atom. The highest BCUT2D eigenvalue weighted by Crippen LogP contribution is 2.23. The van der Waals surface area contributed by atoms with Crippen LogP contribution in [0.5, 0.6) is 0 Å². The number of hydrogen-bond acceptors (Lipinski definition) is 4. The van der Waals surface area contributed by atoms with Crippen molar-refractivity contribution in [1.29, 1.82) is 5.26 Å². The number of hydrogen-bond donors (Lipinski definition) is 3. The maximum absolute atomic E-state index is 10.00. The molecule has 1 aliphatic rings. The van der Waals surface area contributed by atoms with Gasteiger partial charge in [-0.2, -0.15) is 5.26 Å². The van der Waals surface area contributed by atoms with Gasteiger partial charge >= 0.3 is 0 Å². The molecule has 5 heteroatoms. The Hall–Kier alpha value is -2.22. The number of aliphatic hydroxyl groups excluding tert-OH is 1. The van der Waals surface area contributed by atoms with Crippen molar-refractivity contribution < 1.29 is 5.11 Å². The van der Waals surface area contributed by atoms with Gasteiger partial charge in [-0.25, -0.2) is 0 Å². The lowest BCUT2D eigenvalue weighted by Gasteiger charge is -2.16. The Labute approximate surface area is 126 Å². The Kier molecular flexibility index (Phi) is 7.10. The lowest BCUT2D eigenvalue weighted by atomic mass is 10.0. The molecule has 0 aromatic rings. The van der Waals surface area contributed by atoms with Crippen LogP contribution in [0.1, 0.15) is 39.5 Å². The Balaban J connectivity index is 3.03. The third kappa shape index (κ3) is 4.99. The van der Waals surface area contributed by atoms with E-state index in [2.05, 4.69) is 28.6 Å². The van der Waals surface area contributed by atoms with E-state index in [0.717, 1.165) is 25.0 Å². The third-order valence-electron chi connectivity index (χ3n) is 3.45. The first-order valence-electron chi connectivity index (χ1n) is 7.32. The van der Waals surface area contributed by atoms with Crippen molar-refractivity contribution >= 4 is 6.34 Å². The second-order valence-electron chi connectivity index (χ2n) is 4.84. The molecule has 0 aromatic heterocycles. The zero-order valence-corrected chi connectivity index (χ0v) is 13.0. The van der Waals surface area contributed by atoms with E-state index in [-0.39, 0.29) is 11.7 Å². The maximum atomic E-state index is 10.00. The van der Waals surface area contributed by atoms with Crippen LogP contribution in [0.25, 0.3) is 0 Å². The predicted molar refractivity (Wildman–Crippen MR) is 85.4 cm³/mol. The summed E-state index contributed by atoms with van der Waals surface area (Å²) in [4.78, 5) is 3.87. The molecule has 0 heterocycles. The Morgan fingerprint density at radius 1 is 1.57 bits per heavy atom. The van der Waals surface area contributed by atoms with Crippen molar-refractivity contribution in [3.63, 3.8) is 0 Å². The van der Waals surface area contributed by atoms with E-state index >= 15 is 0 Å². The minimum absolute atomic E-state index is 0.0526. The van der Waals surface area contributed by atoms with Gasteiger partial charge in [0.25, 0.3) is 0 Å². The zero-order valence-electron chi connectivity index (χ0n) is 13.0. The monoisotopic (exact) mass is 288 g/mol. The molecule has 0 bridgehead atoms. The van der Waals surface area contributed by atoms with Crippen LogP contribution in [0.4, 0.5) is 0 Å². The highest BCUT2D eigenvalue weighted by atomic mass is 16.3. The molecule has 0 amide bonds. The van der Waals surface area contributed by atoms with Crippen LogP contribution in [0, 0.1) is 17.2 Å². The molecule has 1 unspecified atom stereocenters. The fourth-order valence-electron chi connectivity index (χ4n) is 2.13. The molecular formula is C16H24N4O. The van der Waals surface area contributed by atoms with Crippen molar-refractivity contribution in [2.75, 3.05) is 7.05 Å². The summed E-state index contributed by atoms with van der Waals surface area (Å²) < 4.78 is 0. The first-order chi connectivity index (χ1) is 10.2. The van der Waals surface area contributed by atoms with Gasteiger partial charge in [0, 0.05) is 19.2 Å². The molecule has 0 aromatic carbocycles. The van der Waals surface area contributed by atoms with Gasteiger partial charge in [-0.1, -0.05) is 19.9 Å². The number of nitrogens with zero attached hydrogens (tertiary/aromatic N) is 2. The molecule has 0 fully saturated rings. The summed E-state index contributed by atoms with van der Waals surface area (Å²) in [5, 5.41) is 25.3. The lowest BCUT2D eigenvalue weighted by molar-refractivity contribution is 0.379. The van der Waals surface area contributed by atoms with Crippen LogP contribution in [-0.4, -0.2) is 18.5 Å². The number of aliphatic hydroxyl groups is 1. The van der Waals surface area contributed by atoms with E-state index in [1.54, 1.807) is 7.05 Å². The molecule has 0 aliphatic heterocycles. The quantitative estimate of drug-likeness (QED) is 0.398. The molecule has 1 aliphatic carbocycles. The molecular weight excluding hydrogens is 264 g/mol. The van der Waals surface area contributed by atoms with Gasteiger partial charge in [0.2, 0.25) is 0 Å². The summed E-state index contributed by atoms with van der Waals surface area (Å²) in [5.74, 6) is 0.722. The number of nitriles is 1. The van der Waals surface area contributed by atoms with Crippen LogP contribution in [-0.2, 0) is 0 Å². The molecule has 3 N–H and O–H groups in total. The van der Waals surface area contributed by atoms with Crippen LogP contribution in [0.15, 0.2) is 40.0 Å². The van der Waals surface area contributed by atoms with Gasteiger partial charge in [0.05, 0.1) is 18.3 Å². The molecule has 5 nitrogen and oxygen atoms in total. The van der Waals surface area contributed by atoms with Crippen LogP contribution in [0.2, 0.25) is 0 Å². The highest BCUT2D eigenvalue weighted by molar-refractivity contribution is 5.57. The normalized spacial score (nSPS) is 20.0. The van der Waals surface area contributed by atoms with Crippen molar-refractivity contribution in [2.24, 2.45) is 10.9 Å². The van der Waals surface area contributed by atoms with Gasteiger partial charge in [-0.05, 0) is 30.9 Å². The summed E-state index contributed by atoms with van der Waals surface area (Å²) in [5.41, 5.74) is 2.20. The third-order valence-corrected chi connectivity index (χ3v) is 3.45. The van der Waals surface area contributed by atoms with E-state index in [1.807, 2.05) is 19.1 Å². The van der Waals surface area contributed by atoms with E-state index in [0.29, 0.717) is 12.2 Å². The first-order valence-corrected chi connectivity index (χ1v) is 7.32. The van der Waals surface area contributed by atoms with Crippen molar-refractivity contribution in [2.45, 2.75) is 39.5 Å². The largest absolute Gasteiger partial charge is 0.509 e. The fraction of sp³-hybridized carbons (Fsp3) is 0.500. The summed E-state index contributed by atoms with van der Waals surface area (Å²) in [6, 6.07) is 2.29. The molecule has 114 valence electrons. The van der Waals surface area contributed by atoms with Gasteiger partial charge in [0.15, 0.2) is 0 Å². The van der Waals surface area contributed by atoms with Crippen molar-refractivity contribution in [3.8, 4) is 6.07 Å². The summed E-state index contributed by atoms with van der Waals surface area (Å²) in [7, 11) is 1.66. The maximum Gasteiger partial charge on any atom is 0.147 e. The molecule has 1 rings (SSSR count). The zero-order chi connectivity index (χ0) is 15.7. The number of nitrogens with one attached hydrogen (secondary N) is 2. The number of allylic oxidation sites excluding steroid dienone is 4. The van der Waals surface area contributed by atoms with Gasteiger partial charge in [-0.15, -0.1) is 0 Å². The van der Waals surface area contributed by atoms with E-state index in [4.69, 9.17) is 5.26 Å². The van der Waals surface area contributed by atoms with Crippen LogP contribution in [0.3, 0.4) is 0 Å². The Bertz CT molecular complexity index is 509. The Morgan fingerprint density at radius 2 is 2.33 bits per heavy atom. The second-order valence-corrected chi connectivity index (χ2v) is 4.84. The molecule has 21 heavy (non-hydrogen) atoms. The van der Waals surface area contributed by atoms with Gasteiger partial charge in [0.1, 0.15) is 11.6 Å². The topological polar surface area (TPSA) is 80.4 Å². The second kappa shape index (κ2) is 8.85. The van der Waals surface area contributed by atoms with Crippen LogP contribution >= 0.6 is 0 Å². The average molecular weight is 288 g/mol. The fourth-order valence-corrected chi connectivity index (χ4v) is 2.13. The standard InChI is InChI=1S/C16H24N4O/c1-4-13-8-6-12(10-17)7-9-14(13)20-16(15(21)5-2)19-11-18-3/h7,9,11-12,20-21H,4-6,8H2,1-3H3,(H,18,19)/b16-15-. The predicted octanol–water partition coefficient (Wildman–Crippen LogP) is 3.11.